The van der Waals surface area contributed by atoms with Gasteiger partial charge in [-0.15, -0.1) is 0 Å². The van der Waals surface area contributed by atoms with Crippen LogP contribution < -0.4 is 0 Å². The fourth-order valence-corrected chi connectivity index (χ4v) is 1.06. The lowest BCUT2D eigenvalue weighted by atomic mass is 9.99. The molecule has 58 valence electrons. The molecule has 1 fully saturated rings. The third-order valence-corrected chi connectivity index (χ3v) is 2.00. The number of rotatable bonds is 2. The highest BCUT2D eigenvalue weighted by Crippen LogP contribution is 2.21. The van der Waals surface area contributed by atoms with E-state index in [0.717, 1.165) is 13.1 Å². The van der Waals surface area contributed by atoms with Crippen molar-refractivity contribution in [3.63, 3.8) is 0 Å². The Kier molecular flexibility index (Phi) is 2.02. The zero-order valence-electron chi connectivity index (χ0n) is 6.92. The van der Waals surface area contributed by atoms with Gasteiger partial charge >= 0.3 is 0 Å². The molecule has 0 bridgehead atoms. The first-order valence-corrected chi connectivity index (χ1v) is 3.61. The fraction of sp³-hybridized carbons (Fsp3) is 0.875. The Hall–Kier alpha value is -0.0800. The van der Waals surface area contributed by atoms with Gasteiger partial charge in [0, 0.05) is 25.7 Å². The average molecular weight is 141 g/mol. The third-order valence-electron chi connectivity index (χ3n) is 2.00. The number of hydrogen-bond acceptors (Lipinski definition) is 2. The molecule has 0 atom stereocenters. The van der Waals surface area contributed by atoms with Crippen molar-refractivity contribution in [3.05, 3.63) is 6.92 Å². The molecule has 0 aromatic heterocycles. The van der Waals surface area contributed by atoms with Gasteiger partial charge in [-0.3, -0.25) is 4.90 Å². The molecule has 0 amide bonds. The predicted molar refractivity (Wildman–Crippen MR) is 40.7 cm³/mol. The molecule has 1 aliphatic rings. The summed E-state index contributed by atoms with van der Waals surface area (Å²) in [5.41, 5.74) is -0.172. The molecule has 0 saturated carbocycles. The minimum absolute atomic E-state index is 0.172. The van der Waals surface area contributed by atoms with Crippen molar-refractivity contribution in [1.29, 1.82) is 0 Å². The van der Waals surface area contributed by atoms with Crippen molar-refractivity contribution in [1.82, 2.24) is 4.90 Å². The Balaban J connectivity index is 2.26. The Morgan fingerprint density at radius 2 is 2.00 bits per heavy atom. The topological polar surface area (TPSA) is 12.5 Å². The van der Waals surface area contributed by atoms with Gasteiger partial charge in [0.15, 0.2) is 0 Å². The Labute approximate surface area is 63.2 Å². The summed E-state index contributed by atoms with van der Waals surface area (Å²) >= 11 is 0. The van der Waals surface area contributed by atoms with Gasteiger partial charge in [0.1, 0.15) is 0 Å². The third kappa shape index (κ3) is 1.50. The quantitative estimate of drug-likeness (QED) is 0.564. The van der Waals surface area contributed by atoms with Crippen LogP contribution in [0.4, 0.5) is 0 Å². The summed E-state index contributed by atoms with van der Waals surface area (Å²) in [7, 11) is 1.74. The second-order valence-corrected chi connectivity index (χ2v) is 3.42. The standard InChI is InChI=1S/C8H15NO/c1-8(2,3)9-5-7(6-9)10-4/h1,7H,5-6H2,2-4H3. The molecule has 0 N–H and O–H groups in total. The molecular formula is C8H15NO. The fourth-order valence-electron chi connectivity index (χ4n) is 1.06. The van der Waals surface area contributed by atoms with E-state index in [1.807, 2.05) is 13.8 Å². The van der Waals surface area contributed by atoms with Gasteiger partial charge < -0.3 is 4.74 Å². The number of methoxy groups -OCH3 is 1. The van der Waals surface area contributed by atoms with Crippen LogP contribution in [-0.2, 0) is 4.74 Å². The molecule has 2 nitrogen and oxygen atoms in total. The van der Waals surface area contributed by atoms with Crippen molar-refractivity contribution >= 4 is 0 Å². The van der Waals surface area contributed by atoms with Gasteiger partial charge in [0.25, 0.3) is 0 Å². The second kappa shape index (κ2) is 2.51. The zero-order chi connectivity index (χ0) is 7.78. The minimum Gasteiger partial charge on any atom is -0.379 e. The zero-order valence-corrected chi connectivity index (χ0v) is 6.92. The maximum Gasteiger partial charge on any atom is 0.0825 e. The van der Waals surface area contributed by atoms with E-state index in [2.05, 4.69) is 4.90 Å². The van der Waals surface area contributed by atoms with E-state index in [4.69, 9.17) is 11.7 Å². The molecule has 2 heteroatoms. The van der Waals surface area contributed by atoms with Gasteiger partial charge in [0.05, 0.1) is 6.10 Å². The Morgan fingerprint density at radius 1 is 1.50 bits per heavy atom. The second-order valence-electron chi connectivity index (χ2n) is 3.42. The van der Waals surface area contributed by atoms with Gasteiger partial charge in [-0.2, -0.15) is 0 Å². The summed E-state index contributed by atoms with van der Waals surface area (Å²) in [4.78, 5) is 2.20. The lowest BCUT2D eigenvalue weighted by molar-refractivity contribution is -0.0631. The normalized spacial score (nSPS) is 22.8. The molecule has 10 heavy (non-hydrogen) atoms. The Morgan fingerprint density at radius 3 is 2.30 bits per heavy atom. The van der Waals surface area contributed by atoms with Crippen LogP contribution in [0.5, 0.6) is 0 Å². The summed E-state index contributed by atoms with van der Waals surface area (Å²) in [6.45, 7) is 11.8. The number of likely N-dealkylation sites (tertiary alicyclic amines) is 1. The molecule has 1 aliphatic heterocycles. The smallest absolute Gasteiger partial charge is 0.0825 e. The largest absolute Gasteiger partial charge is 0.379 e. The van der Waals surface area contributed by atoms with Crippen LogP contribution in [0.1, 0.15) is 13.8 Å². The van der Waals surface area contributed by atoms with Gasteiger partial charge in [0.2, 0.25) is 0 Å². The van der Waals surface area contributed by atoms with Crippen molar-refractivity contribution in [3.8, 4) is 0 Å². The first-order chi connectivity index (χ1) is 4.54. The van der Waals surface area contributed by atoms with Gasteiger partial charge in [-0.25, -0.2) is 0 Å². The minimum atomic E-state index is -0.172. The lowest BCUT2D eigenvalue weighted by Crippen LogP contribution is -2.59. The van der Waals surface area contributed by atoms with E-state index >= 15 is 0 Å². The molecule has 0 spiro atoms. The summed E-state index contributed by atoms with van der Waals surface area (Å²) < 4.78 is 5.11. The highest BCUT2D eigenvalue weighted by molar-refractivity contribution is 4.93. The van der Waals surface area contributed by atoms with Crippen LogP contribution in [-0.4, -0.2) is 36.7 Å². The molecular weight excluding hydrogens is 126 g/mol. The highest BCUT2D eigenvalue weighted by atomic mass is 16.5. The van der Waals surface area contributed by atoms with Crippen molar-refractivity contribution in [2.45, 2.75) is 25.5 Å². The predicted octanol–water partition coefficient (Wildman–Crippen LogP) is 0.807. The van der Waals surface area contributed by atoms with E-state index in [1.54, 1.807) is 7.11 Å². The monoisotopic (exact) mass is 141 g/mol. The van der Waals surface area contributed by atoms with Crippen LogP contribution >= 0.6 is 0 Å². The van der Waals surface area contributed by atoms with E-state index in [1.165, 1.54) is 0 Å². The van der Waals surface area contributed by atoms with Crippen LogP contribution in [0.15, 0.2) is 0 Å². The molecule has 1 rings (SSSR count). The first kappa shape index (κ1) is 8.02. The Bertz CT molecular complexity index is 111. The number of ether oxygens (including phenoxy) is 1. The van der Waals surface area contributed by atoms with Crippen molar-refractivity contribution < 1.29 is 4.74 Å². The average Bonchev–Trinajstić information content (AvgIpc) is 1.57. The summed E-state index contributed by atoms with van der Waals surface area (Å²) in [6, 6.07) is 0. The van der Waals surface area contributed by atoms with Gasteiger partial charge in [-0.1, -0.05) is 0 Å². The van der Waals surface area contributed by atoms with Crippen molar-refractivity contribution in [2.24, 2.45) is 0 Å². The van der Waals surface area contributed by atoms with Crippen LogP contribution in [0.25, 0.3) is 0 Å². The summed E-state index contributed by atoms with van der Waals surface area (Å²) in [5, 5.41) is 0. The van der Waals surface area contributed by atoms with Crippen LogP contribution in [0.3, 0.4) is 0 Å². The maximum absolute atomic E-state index is 5.83. The molecule has 2 radical (unpaired) electrons. The molecule has 0 aliphatic carbocycles. The highest BCUT2D eigenvalue weighted by Gasteiger charge is 2.34. The molecule has 1 saturated heterocycles. The van der Waals surface area contributed by atoms with E-state index in [-0.39, 0.29) is 5.54 Å². The van der Waals surface area contributed by atoms with E-state index in [0.29, 0.717) is 6.10 Å². The number of hydrogen-bond donors (Lipinski definition) is 0. The lowest BCUT2D eigenvalue weighted by Gasteiger charge is -2.46. The summed E-state index contributed by atoms with van der Waals surface area (Å²) in [5.74, 6) is 0. The molecule has 0 unspecified atom stereocenters. The SMILES string of the molecule is [CH]C(C)(C)N1CC(OC)C1. The van der Waals surface area contributed by atoms with Crippen molar-refractivity contribution in [2.75, 3.05) is 20.2 Å². The molecule has 0 aromatic rings. The summed E-state index contributed by atoms with van der Waals surface area (Å²) in [6.07, 6.45) is 0.405. The number of nitrogens with zero attached hydrogens (tertiary/aromatic N) is 1. The van der Waals surface area contributed by atoms with E-state index < -0.39 is 0 Å². The molecule has 1 heterocycles. The van der Waals surface area contributed by atoms with Crippen LogP contribution in [0.2, 0.25) is 0 Å². The van der Waals surface area contributed by atoms with Crippen LogP contribution in [0, 0.1) is 6.92 Å². The molecule has 0 aromatic carbocycles. The van der Waals surface area contributed by atoms with Gasteiger partial charge in [-0.05, 0) is 20.8 Å². The van der Waals surface area contributed by atoms with E-state index in [9.17, 15) is 0 Å². The maximum atomic E-state index is 5.83. The first-order valence-electron chi connectivity index (χ1n) is 3.61.